The maximum atomic E-state index is 6.52. The van der Waals surface area contributed by atoms with E-state index >= 15 is 0 Å². The predicted octanol–water partition coefficient (Wildman–Crippen LogP) is 15.5. The Morgan fingerprint density at radius 3 is 1.54 bits per heavy atom. The van der Waals surface area contributed by atoms with E-state index in [2.05, 4.69) is 190 Å². The molecule has 0 saturated heterocycles. The fraction of sp³-hybridized carbons (Fsp3) is 0.0545. The van der Waals surface area contributed by atoms with Crippen molar-refractivity contribution in [3.63, 3.8) is 0 Å². The van der Waals surface area contributed by atoms with Gasteiger partial charge < -0.3 is 4.42 Å². The molecular weight excluding hydrogens is 677 g/mol. The van der Waals surface area contributed by atoms with E-state index in [1.54, 1.807) is 0 Å². The minimum atomic E-state index is -0.178. The topological polar surface area (TPSA) is 13.1 Å². The molecular formula is C55H36O. The van der Waals surface area contributed by atoms with Crippen LogP contribution in [-0.2, 0) is 5.41 Å². The van der Waals surface area contributed by atoms with Gasteiger partial charge in [0.15, 0.2) is 0 Å². The van der Waals surface area contributed by atoms with E-state index in [-0.39, 0.29) is 5.41 Å². The van der Waals surface area contributed by atoms with E-state index in [1.165, 1.54) is 104 Å². The summed E-state index contributed by atoms with van der Waals surface area (Å²) in [4.78, 5) is 0. The molecule has 1 aromatic heterocycles. The van der Waals surface area contributed by atoms with Crippen molar-refractivity contribution >= 4 is 65.0 Å². The Balaban J connectivity index is 1.09. The first-order valence-corrected chi connectivity index (χ1v) is 19.6. The number of hydrogen-bond acceptors (Lipinski definition) is 1. The third kappa shape index (κ3) is 4.26. The van der Waals surface area contributed by atoms with Crippen LogP contribution in [0.25, 0.3) is 110 Å². The van der Waals surface area contributed by atoms with Crippen molar-refractivity contribution < 1.29 is 4.42 Å². The zero-order chi connectivity index (χ0) is 37.1. The molecule has 0 amide bonds. The highest BCUT2D eigenvalue weighted by molar-refractivity contribution is 6.24. The molecule has 0 atom stereocenters. The van der Waals surface area contributed by atoms with Crippen LogP contribution in [0.1, 0.15) is 25.0 Å². The lowest BCUT2D eigenvalue weighted by Gasteiger charge is -2.23. The minimum absolute atomic E-state index is 0.178. The second kappa shape index (κ2) is 11.5. The van der Waals surface area contributed by atoms with Crippen molar-refractivity contribution in [2.24, 2.45) is 0 Å². The normalized spacial score (nSPS) is 13.3. The smallest absolute Gasteiger partial charge is 0.143 e. The summed E-state index contributed by atoms with van der Waals surface area (Å²) in [7, 11) is 0. The fourth-order valence-electron chi connectivity index (χ4n) is 10.1. The van der Waals surface area contributed by atoms with Gasteiger partial charge >= 0.3 is 0 Å². The molecule has 0 unspecified atom stereocenters. The maximum Gasteiger partial charge on any atom is 0.143 e. The monoisotopic (exact) mass is 712 g/mol. The summed E-state index contributed by atoms with van der Waals surface area (Å²) >= 11 is 0. The number of furan rings is 1. The molecule has 1 heterocycles. The third-order valence-electron chi connectivity index (χ3n) is 12.7. The molecule has 1 heteroatoms. The van der Waals surface area contributed by atoms with Crippen LogP contribution in [0, 0.1) is 0 Å². The number of fused-ring (bicyclic) bond motifs is 12. The molecule has 0 N–H and O–H groups in total. The highest BCUT2D eigenvalue weighted by Gasteiger charge is 2.37. The largest absolute Gasteiger partial charge is 0.455 e. The molecule has 56 heavy (non-hydrogen) atoms. The van der Waals surface area contributed by atoms with E-state index in [1.807, 2.05) is 6.07 Å². The van der Waals surface area contributed by atoms with Gasteiger partial charge in [-0.15, -0.1) is 0 Å². The molecule has 12 rings (SSSR count). The first kappa shape index (κ1) is 31.4. The lowest BCUT2D eigenvalue weighted by atomic mass is 9.80. The highest BCUT2D eigenvalue weighted by atomic mass is 16.3. The Kier molecular flexibility index (Phi) is 6.46. The highest BCUT2D eigenvalue weighted by Crippen LogP contribution is 2.54. The first-order chi connectivity index (χ1) is 27.6. The summed E-state index contributed by atoms with van der Waals surface area (Å²) in [5, 5.41) is 12.4. The minimum Gasteiger partial charge on any atom is -0.455 e. The summed E-state index contributed by atoms with van der Waals surface area (Å²) < 4.78 is 6.52. The van der Waals surface area contributed by atoms with E-state index in [0.29, 0.717) is 0 Å². The molecule has 0 radical (unpaired) electrons. The Morgan fingerprint density at radius 1 is 0.321 bits per heavy atom. The molecule has 11 aromatic rings. The second-order valence-corrected chi connectivity index (χ2v) is 15.9. The van der Waals surface area contributed by atoms with Crippen LogP contribution in [0.5, 0.6) is 0 Å². The van der Waals surface area contributed by atoms with Gasteiger partial charge in [0.25, 0.3) is 0 Å². The van der Waals surface area contributed by atoms with E-state index in [9.17, 15) is 0 Å². The third-order valence-corrected chi connectivity index (χ3v) is 12.7. The summed E-state index contributed by atoms with van der Waals surface area (Å²) in [6.07, 6.45) is 0. The number of benzene rings is 10. The van der Waals surface area contributed by atoms with Crippen LogP contribution in [0.4, 0.5) is 0 Å². The first-order valence-electron chi connectivity index (χ1n) is 19.6. The summed E-state index contributed by atoms with van der Waals surface area (Å²) in [5.41, 5.74) is 14.7. The SMILES string of the molecule is CC1(C)c2cc(-c3c4ccccc4c(-c4ccc(-c5ccccc5)c5ccccc45)c4ccccc34)ccc2-c2c1ccc1c2ccc2c3ccccc3oc12. The molecule has 1 nitrogen and oxygen atoms in total. The van der Waals surface area contributed by atoms with Gasteiger partial charge in [-0.2, -0.15) is 0 Å². The molecule has 10 aromatic carbocycles. The average molecular weight is 713 g/mol. The predicted molar refractivity (Wildman–Crippen MR) is 238 cm³/mol. The Labute approximate surface area is 325 Å². The zero-order valence-corrected chi connectivity index (χ0v) is 31.2. The van der Waals surface area contributed by atoms with Crippen molar-refractivity contribution in [3.05, 3.63) is 193 Å². The molecule has 1 aliphatic carbocycles. The van der Waals surface area contributed by atoms with Crippen LogP contribution in [-0.4, -0.2) is 0 Å². The van der Waals surface area contributed by atoms with E-state index in [4.69, 9.17) is 4.42 Å². The second-order valence-electron chi connectivity index (χ2n) is 15.9. The van der Waals surface area contributed by atoms with Gasteiger partial charge in [-0.25, -0.2) is 0 Å². The van der Waals surface area contributed by atoms with Gasteiger partial charge in [-0.05, 0) is 112 Å². The van der Waals surface area contributed by atoms with Crippen LogP contribution in [0.15, 0.2) is 186 Å². The van der Waals surface area contributed by atoms with Crippen LogP contribution < -0.4 is 0 Å². The average Bonchev–Trinajstić information content (AvgIpc) is 3.74. The van der Waals surface area contributed by atoms with Crippen molar-refractivity contribution in [2.45, 2.75) is 19.3 Å². The van der Waals surface area contributed by atoms with Gasteiger partial charge in [0, 0.05) is 21.6 Å². The van der Waals surface area contributed by atoms with E-state index < -0.39 is 0 Å². The lowest BCUT2D eigenvalue weighted by Crippen LogP contribution is -2.15. The molecule has 0 spiro atoms. The fourth-order valence-corrected chi connectivity index (χ4v) is 10.1. The molecule has 0 saturated carbocycles. The molecule has 262 valence electrons. The number of rotatable bonds is 3. The van der Waals surface area contributed by atoms with Crippen LogP contribution in [0.2, 0.25) is 0 Å². The number of hydrogen-bond donors (Lipinski definition) is 0. The van der Waals surface area contributed by atoms with Gasteiger partial charge in [0.2, 0.25) is 0 Å². The molecule has 1 aliphatic rings. The lowest BCUT2D eigenvalue weighted by molar-refractivity contribution is 0.660. The van der Waals surface area contributed by atoms with Gasteiger partial charge in [0.1, 0.15) is 11.2 Å². The van der Waals surface area contributed by atoms with Crippen LogP contribution >= 0.6 is 0 Å². The Hall–Kier alpha value is -6.96. The maximum absolute atomic E-state index is 6.52. The van der Waals surface area contributed by atoms with Crippen LogP contribution in [0.3, 0.4) is 0 Å². The summed E-state index contributed by atoms with van der Waals surface area (Å²) in [5.74, 6) is 0. The quantitative estimate of drug-likeness (QED) is 0.166. The van der Waals surface area contributed by atoms with Crippen molar-refractivity contribution in [1.82, 2.24) is 0 Å². The van der Waals surface area contributed by atoms with Crippen molar-refractivity contribution in [1.29, 1.82) is 0 Å². The van der Waals surface area contributed by atoms with Gasteiger partial charge in [0.05, 0.1) is 0 Å². The summed E-state index contributed by atoms with van der Waals surface area (Å²) in [6, 6.07) is 67.1. The Morgan fingerprint density at radius 2 is 0.821 bits per heavy atom. The van der Waals surface area contributed by atoms with Gasteiger partial charge in [-0.3, -0.25) is 0 Å². The standard InChI is InChI=1S/C55H36O/c1-55(2)48-31-30-46-44(28-29-45-38-18-12-13-23-50(38)56-54(45)46)53(48)47-25-24-34(32-49(47)55)51-39-19-8-10-21-41(39)52(42-22-11-9-20-40(42)51)43-27-26-35(33-14-4-3-5-15-33)36-16-6-7-17-37(36)43/h3-32H,1-2H3. The van der Waals surface area contributed by atoms with Gasteiger partial charge in [-0.1, -0.05) is 178 Å². The van der Waals surface area contributed by atoms with Crippen molar-refractivity contribution in [2.75, 3.05) is 0 Å². The molecule has 0 fully saturated rings. The Bertz CT molecular complexity index is 3380. The zero-order valence-electron chi connectivity index (χ0n) is 31.2. The van der Waals surface area contributed by atoms with E-state index in [0.717, 1.165) is 16.6 Å². The summed E-state index contributed by atoms with van der Waals surface area (Å²) in [6.45, 7) is 4.77. The van der Waals surface area contributed by atoms with Crippen molar-refractivity contribution in [3.8, 4) is 44.5 Å². The molecule has 0 bridgehead atoms. The number of para-hydroxylation sites is 1. The molecule has 0 aliphatic heterocycles.